The van der Waals surface area contributed by atoms with E-state index in [0.29, 0.717) is 21.7 Å². The van der Waals surface area contributed by atoms with Crippen molar-refractivity contribution < 1.29 is 0 Å². The van der Waals surface area contributed by atoms with E-state index < -0.39 is 0 Å². The second-order valence-electron chi connectivity index (χ2n) is 4.21. The molecule has 1 saturated heterocycles. The van der Waals surface area contributed by atoms with Crippen molar-refractivity contribution in [2.24, 2.45) is 21.5 Å². The van der Waals surface area contributed by atoms with Crippen molar-refractivity contribution in [2.75, 3.05) is 13.1 Å². The highest BCUT2D eigenvalue weighted by molar-refractivity contribution is 6.43. The number of hydrogen-bond donors (Lipinski definition) is 2. The lowest BCUT2D eigenvalue weighted by Crippen LogP contribution is -2.36. The molecule has 1 aliphatic heterocycles. The molecule has 0 bridgehead atoms. The monoisotopic (exact) mass is 335 g/mol. The van der Waals surface area contributed by atoms with Gasteiger partial charge in [-0.25, -0.2) is 4.99 Å². The third-order valence-electron chi connectivity index (χ3n) is 2.83. The van der Waals surface area contributed by atoms with Crippen LogP contribution in [0.5, 0.6) is 0 Å². The smallest absolute Gasteiger partial charge is 0.223 e. The Labute approximate surface area is 134 Å². The molecule has 110 valence electrons. The van der Waals surface area contributed by atoms with E-state index in [4.69, 9.17) is 34.7 Å². The molecule has 0 aromatic heterocycles. The lowest BCUT2D eigenvalue weighted by Gasteiger charge is -2.15. The van der Waals surface area contributed by atoms with Crippen molar-refractivity contribution in [3.05, 3.63) is 28.2 Å². The summed E-state index contributed by atoms with van der Waals surface area (Å²) in [7, 11) is 0. The lowest BCUT2D eigenvalue weighted by atomic mass is 10.3. The third-order valence-corrected chi connectivity index (χ3v) is 3.63. The van der Waals surface area contributed by atoms with Gasteiger partial charge in [-0.15, -0.1) is 12.4 Å². The fraction of sp³-hybridized carbons (Fsp3) is 0.333. The number of nitrogens with two attached hydrogens (primary N) is 2. The summed E-state index contributed by atoms with van der Waals surface area (Å²) >= 11 is 11.9. The summed E-state index contributed by atoms with van der Waals surface area (Å²) in [5.41, 5.74) is 12.1. The van der Waals surface area contributed by atoms with Crippen LogP contribution in [0.4, 0.5) is 5.69 Å². The van der Waals surface area contributed by atoms with Crippen molar-refractivity contribution >= 4 is 53.2 Å². The Balaban J connectivity index is 0.00000200. The minimum absolute atomic E-state index is 0. The number of likely N-dealkylation sites (tertiary alicyclic amines) is 1. The molecule has 1 heterocycles. The lowest BCUT2D eigenvalue weighted by molar-refractivity contribution is 0.514. The molecule has 4 N–H and O–H groups in total. The first-order valence-electron chi connectivity index (χ1n) is 5.95. The minimum atomic E-state index is 0. The number of rotatable bonds is 1. The predicted octanol–water partition coefficient (Wildman–Crippen LogP) is 2.77. The zero-order chi connectivity index (χ0) is 13.8. The topological polar surface area (TPSA) is 80.0 Å². The van der Waals surface area contributed by atoms with Gasteiger partial charge >= 0.3 is 0 Å². The zero-order valence-corrected chi connectivity index (χ0v) is 13.0. The van der Waals surface area contributed by atoms with Crippen LogP contribution in [0.3, 0.4) is 0 Å². The molecule has 1 aromatic rings. The molecule has 1 aliphatic rings. The Hall–Kier alpha value is -1.17. The zero-order valence-electron chi connectivity index (χ0n) is 10.7. The molecular formula is C12H16Cl3N5. The van der Waals surface area contributed by atoms with E-state index in [1.165, 1.54) is 0 Å². The van der Waals surface area contributed by atoms with Crippen LogP contribution in [-0.4, -0.2) is 29.9 Å². The molecule has 0 radical (unpaired) electrons. The van der Waals surface area contributed by atoms with Crippen LogP contribution in [0.15, 0.2) is 28.2 Å². The van der Waals surface area contributed by atoms with E-state index in [9.17, 15) is 0 Å². The fourth-order valence-corrected chi connectivity index (χ4v) is 2.20. The van der Waals surface area contributed by atoms with Gasteiger partial charge in [-0.2, -0.15) is 4.99 Å². The van der Waals surface area contributed by atoms with Gasteiger partial charge in [-0.3, -0.25) is 0 Å². The summed E-state index contributed by atoms with van der Waals surface area (Å²) in [6.07, 6.45) is 2.24. The van der Waals surface area contributed by atoms with Gasteiger partial charge in [0.1, 0.15) is 0 Å². The summed E-state index contributed by atoms with van der Waals surface area (Å²) in [5, 5.41) is 0.772. The highest BCUT2D eigenvalue weighted by atomic mass is 35.5. The normalized spacial score (nSPS) is 16.2. The largest absolute Gasteiger partial charge is 0.369 e. The van der Waals surface area contributed by atoms with E-state index >= 15 is 0 Å². The number of aliphatic imine (C=N–C) groups is 2. The van der Waals surface area contributed by atoms with Crippen LogP contribution in [0.25, 0.3) is 0 Å². The highest BCUT2D eigenvalue weighted by Crippen LogP contribution is 2.31. The second kappa shape index (κ2) is 7.57. The van der Waals surface area contributed by atoms with E-state index in [-0.39, 0.29) is 18.4 Å². The molecule has 20 heavy (non-hydrogen) atoms. The maximum absolute atomic E-state index is 6.02. The highest BCUT2D eigenvalue weighted by Gasteiger charge is 2.13. The van der Waals surface area contributed by atoms with Crippen LogP contribution in [0.2, 0.25) is 10.0 Å². The minimum Gasteiger partial charge on any atom is -0.369 e. The predicted molar refractivity (Wildman–Crippen MR) is 87.4 cm³/mol. The first kappa shape index (κ1) is 16.9. The molecular weight excluding hydrogens is 321 g/mol. The number of hydrogen-bond acceptors (Lipinski definition) is 1. The Morgan fingerprint density at radius 2 is 1.80 bits per heavy atom. The average Bonchev–Trinajstić information content (AvgIpc) is 2.88. The van der Waals surface area contributed by atoms with E-state index in [2.05, 4.69) is 9.98 Å². The number of benzene rings is 1. The van der Waals surface area contributed by atoms with Gasteiger partial charge in [0.05, 0.1) is 15.7 Å². The molecule has 0 amide bonds. The van der Waals surface area contributed by atoms with E-state index in [1.807, 2.05) is 4.90 Å². The number of halogens is 3. The van der Waals surface area contributed by atoms with Crippen molar-refractivity contribution in [3.63, 3.8) is 0 Å². The van der Waals surface area contributed by atoms with Crippen molar-refractivity contribution in [1.82, 2.24) is 4.90 Å². The molecule has 2 rings (SSSR count). The molecule has 0 aliphatic carbocycles. The summed E-state index contributed by atoms with van der Waals surface area (Å²) < 4.78 is 0. The summed E-state index contributed by atoms with van der Waals surface area (Å²) in [6, 6.07) is 5.14. The SMILES string of the molecule is Cl.NC(=Nc1cccc(Cl)c1Cl)N=C(N)N1CCCC1. The molecule has 8 heteroatoms. The molecule has 1 aromatic carbocycles. The average molecular weight is 337 g/mol. The van der Waals surface area contributed by atoms with Crippen LogP contribution < -0.4 is 11.5 Å². The van der Waals surface area contributed by atoms with Gasteiger partial charge < -0.3 is 16.4 Å². The summed E-state index contributed by atoms with van der Waals surface area (Å²) in [6.45, 7) is 1.81. The maximum atomic E-state index is 6.02. The van der Waals surface area contributed by atoms with Crippen molar-refractivity contribution in [1.29, 1.82) is 0 Å². The first-order chi connectivity index (χ1) is 9.08. The van der Waals surface area contributed by atoms with Crippen LogP contribution in [-0.2, 0) is 0 Å². The first-order valence-corrected chi connectivity index (χ1v) is 6.71. The van der Waals surface area contributed by atoms with Gasteiger partial charge in [0, 0.05) is 13.1 Å². The van der Waals surface area contributed by atoms with Gasteiger partial charge in [0.15, 0.2) is 5.96 Å². The molecule has 0 spiro atoms. The Bertz CT molecular complexity index is 524. The Kier molecular flexibility index (Phi) is 6.39. The molecule has 0 saturated carbocycles. The van der Waals surface area contributed by atoms with Gasteiger partial charge in [0.25, 0.3) is 0 Å². The summed E-state index contributed by atoms with van der Waals surface area (Å²) in [5.74, 6) is 0.450. The van der Waals surface area contributed by atoms with E-state index in [0.717, 1.165) is 25.9 Å². The summed E-state index contributed by atoms with van der Waals surface area (Å²) in [4.78, 5) is 10.2. The van der Waals surface area contributed by atoms with Crippen LogP contribution in [0, 0.1) is 0 Å². The van der Waals surface area contributed by atoms with Gasteiger partial charge in [0.2, 0.25) is 5.96 Å². The third kappa shape index (κ3) is 4.16. The van der Waals surface area contributed by atoms with Crippen molar-refractivity contribution in [3.8, 4) is 0 Å². The van der Waals surface area contributed by atoms with Crippen molar-refractivity contribution in [2.45, 2.75) is 12.8 Å². The van der Waals surface area contributed by atoms with Gasteiger partial charge in [-0.05, 0) is 25.0 Å². The Morgan fingerprint density at radius 1 is 1.15 bits per heavy atom. The Morgan fingerprint density at radius 3 is 2.45 bits per heavy atom. The molecule has 1 fully saturated rings. The molecule has 0 atom stereocenters. The van der Waals surface area contributed by atoms with Crippen LogP contribution in [0.1, 0.15) is 12.8 Å². The van der Waals surface area contributed by atoms with Crippen LogP contribution >= 0.6 is 35.6 Å². The quantitative estimate of drug-likeness (QED) is 0.611. The fourth-order valence-electron chi connectivity index (χ4n) is 1.86. The number of nitrogens with zero attached hydrogens (tertiary/aromatic N) is 3. The number of guanidine groups is 2. The second-order valence-corrected chi connectivity index (χ2v) is 4.99. The maximum Gasteiger partial charge on any atom is 0.223 e. The molecule has 0 unspecified atom stereocenters. The van der Waals surface area contributed by atoms with Gasteiger partial charge in [-0.1, -0.05) is 29.3 Å². The van der Waals surface area contributed by atoms with E-state index in [1.54, 1.807) is 18.2 Å². The standard InChI is InChI=1S/C12H15Cl2N5.ClH/c13-8-4-3-5-9(10(8)14)17-11(15)18-12(16)19-6-1-2-7-19;/h3-5H,1-2,6-7H2,(H4,15,16,17,18);1H. The molecule has 5 nitrogen and oxygen atoms in total.